The van der Waals surface area contributed by atoms with E-state index in [0.717, 1.165) is 5.56 Å². The van der Waals surface area contributed by atoms with Gasteiger partial charge in [-0.15, -0.1) is 0 Å². The summed E-state index contributed by atoms with van der Waals surface area (Å²) < 4.78 is 0. The van der Waals surface area contributed by atoms with Gasteiger partial charge in [0.25, 0.3) is 0 Å². The molecule has 2 amide bonds. The highest BCUT2D eigenvalue weighted by Crippen LogP contribution is 2.21. The molecule has 2 N–H and O–H groups in total. The van der Waals surface area contributed by atoms with E-state index >= 15 is 0 Å². The van der Waals surface area contributed by atoms with Crippen molar-refractivity contribution in [3.8, 4) is 0 Å². The maximum atomic E-state index is 12.2. The second-order valence-electron chi connectivity index (χ2n) is 5.89. The first-order valence-electron chi connectivity index (χ1n) is 7.45. The number of carboxylic acids is 1. The van der Waals surface area contributed by atoms with Crippen molar-refractivity contribution in [1.29, 1.82) is 0 Å². The Hall–Kier alpha value is -1.75. The van der Waals surface area contributed by atoms with Crippen LogP contribution >= 0.6 is 11.6 Å². The SMILES string of the molecule is CC1CC(C(=O)O)CN(C(=O)NCCc2cccc(Cl)c2)C1. The molecule has 1 aromatic carbocycles. The largest absolute Gasteiger partial charge is 0.481 e. The van der Waals surface area contributed by atoms with Crippen LogP contribution in [0.15, 0.2) is 24.3 Å². The number of likely N-dealkylation sites (tertiary alicyclic amines) is 1. The molecule has 2 rings (SSSR count). The molecule has 120 valence electrons. The molecule has 1 aliphatic rings. The minimum absolute atomic E-state index is 0.195. The molecule has 0 aromatic heterocycles. The van der Waals surface area contributed by atoms with Gasteiger partial charge in [0.05, 0.1) is 5.92 Å². The van der Waals surface area contributed by atoms with Gasteiger partial charge in [0.15, 0.2) is 0 Å². The van der Waals surface area contributed by atoms with Gasteiger partial charge < -0.3 is 15.3 Å². The molecular weight excluding hydrogens is 304 g/mol. The van der Waals surface area contributed by atoms with Gasteiger partial charge in [0.1, 0.15) is 0 Å². The van der Waals surface area contributed by atoms with Gasteiger partial charge >= 0.3 is 12.0 Å². The Morgan fingerprint density at radius 1 is 1.41 bits per heavy atom. The highest BCUT2D eigenvalue weighted by molar-refractivity contribution is 6.30. The monoisotopic (exact) mass is 324 g/mol. The molecule has 0 bridgehead atoms. The van der Waals surface area contributed by atoms with Crippen molar-refractivity contribution in [2.75, 3.05) is 19.6 Å². The van der Waals surface area contributed by atoms with Crippen LogP contribution in [0.5, 0.6) is 0 Å². The topological polar surface area (TPSA) is 69.6 Å². The lowest BCUT2D eigenvalue weighted by molar-refractivity contribution is -0.143. The smallest absolute Gasteiger partial charge is 0.317 e. The molecule has 0 saturated carbocycles. The molecule has 0 spiro atoms. The fraction of sp³-hybridized carbons (Fsp3) is 0.500. The van der Waals surface area contributed by atoms with Crippen LogP contribution in [0.3, 0.4) is 0 Å². The van der Waals surface area contributed by atoms with Gasteiger partial charge in [-0.1, -0.05) is 30.7 Å². The number of halogens is 1. The number of nitrogens with zero attached hydrogens (tertiary/aromatic N) is 1. The summed E-state index contributed by atoms with van der Waals surface area (Å²) >= 11 is 5.92. The molecule has 2 atom stereocenters. The van der Waals surface area contributed by atoms with E-state index in [2.05, 4.69) is 5.32 Å². The third kappa shape index (κ3) is 4.63. The number of carboxylic acid groups (broad SMARTS) is 1. The second-order valence-corrected chi connectivity index (χ2v) is 6.33. The summed E-state index contributed by atoms with van der Waals surface area (Å²) in [6.45, 7) is 3.36. The van der Waals surface area contributed by atoms with Crippen LogP contribution < -0.4 is 5.32 Å². The summed E-state index contributed by atoms with van der Waals surface area (Å²) in [6.07, 6.45) is 1.32. The lowest BCUT2D eigenvalue weighted by Gasteiger charge is -2.34. The molecule has 0 aliphatic carbocycles. The summed E-state index contributed by atoms with van der Waals surface area (Å²) in [7, 11) is 0. The van der Waals surface area contributed by atoms with Crippen LogP contribution in [0.2, 0.25) is 5.02 Å². The standard InChI is InChI=1S/C16H21ClN2O3/c1-11-7-13(15(20)21)10-19(9-11)16(22)18-6-5-12-3-2-4-14(17)8-12/h2-4,8,11,13H,5-7,9-10H2,1H3,(H,18,22)(H,20,21). The first kappa shape index (κ1) is 16.6. The van der Waals surface area contributed by atoms with Gasteiger partial charge in [-0.2, -0.15) is 0 Å². The quantitative estimate of drug-likeness (QED) is 0.894. The highest BCUT2D eigenvalue weighted by atomic mass is 35.5. The zero-order chi connectivity index (χ0) is 16.1. The molecule has 22 heavy (non-hydrogen) atoms. The first-order valence-corrected chi connectivity index (χ1v) is 7.83. The number of rotatable bonds is 4. The van der Waals surface area contributed by atoms with Gasteiger partial charge in [-0.25, -0.2) is 4.79 Å². The van der Waals surface area contributed by atoms with Crippen molar-refractivity contribution in [1.82, 2.24) is 10.2 Å². The Kier molecular flexibility index (Phi) is 5.66. The number of hydrogen-bond donors (Lipinski definition) is 2. The average Bonchev–Trinajstić information content (AvgIpc) is 2.46. The van der Waals surface area contributed by atoms with Crippen LogP contribution in [-0.2, 0) is 11.2 Å². The number of carbonyl (C=O) groups is 2. The highest BCUT2D eigenvalue weighted by Gasteiger charge is 2.31. The van der Waals surface area contributed by atoms with Crippen LogP contribution in [-0.4, -0.2) is 41.6 Å². The maximum Gasteiger partial charge on any atom is 0.317 e. The molecule has 1 aliphatic heterocycles. The Labute approximate surface area is 135 Å². The number of amides is 2. The first-order chi connectivity index (χ1) is 10.5. The Morgan fingerprint density at radius 2 is 2.18 bits per heavy atom. The summed E-state index contributed by atoms with van der Waals surface area (Å²) in [4.78, 5) is 24.9. The second kappa shape index (κ2) is 7.49. The Morgan fingerprint density at radius 3 is 2.86 bits per heavy atom. The minimum Gasteiger partial charge on any atom is -0.481 e. The van der Waals surface area contributed by atoms with Crippen LogP contribution in [0, 0.1) is 11.8 Å². The van der Waals surface area contributed by atoms with E-state index in [1.807, 2.05) is 31.2 Å². The van der Waals surface area contributed by atoms with Crippen LogP contribution in [0.25, 0.3) is 0 Å². The summed E-state index contributed by atoms with van der Waals surface area (Å²) in [6, 6.07) is 7.33. The molecule has 0 radical (unpaired) electrons. The van der Waals surface area contributed by atoms with Crippen molar-refractivity contribution >= 4 is 23.6 Å². The number of aliphatic carboxylic acids is 1. The van der Waals surface area contributed by atoms with Crippen molar-refractivity contribution in [2.45, 2.75) is 19.8 Å². The van der Waals surface area contributed by atoms with Crippen molar-refractivity contribution in [3.05, 3.63) is 34.9 Å². The number of piperidine rings is 1. The van der Waals surface area contributed by atoms with E-state index in [9.17, 15) is 9.59 Å². The fourth-order valence-corrected chi connectivity index (χ4v) is 3.03. The van der Waals surface area contributed by atoms with E-state index < -0.39 is 11.9 Å². The van der Waals surface area contributed by atoms with Crippen LogP contribution in [0.4, 0.5) is 4.79 Å². The molecule has 1 aromatic rings. The van der Waals surface area contributed by atoms with Gasteiger partial charge in [-0.3, -0.25) is 4.79 Å². The van der Waals surface area contributed by atoms with Crippen molar-refractivity contribution in [3.63, 3.8) is 0 Å². The molecular formula is C16H21ClN2O3. The van der Waals surface area contributed by atoms with Gasteiger partial charge in [0.2, 0.25) is 0 Å². The number of urea groups is 1. The van der Waals surface area contributed by atoms with Gasteiger partial charge in [-0.05, 0) is 36.5 Å². The normalized spacial score (nSPS) is 21.5. The van der Waals surface area contributed by atoms with Gasteiger partial charge in [0, 0.05) is 24.7 Å². The lowest BCUT2D eigenvalue weighted by atomic mass is 9.91. The summed E-state index contributed by atoms with van der Waals surface area (Å²) in [5.41, 5.74) is 1.06. The predicted octanol–water partition coefficient (Wildman–Crippen LogP) is 2.63. The van der Waals surface area contributed by atoms with Crippen molar-refractivity contribution < 1.29 is 14.7 Å². The fourth-order valence-electron chi connectivity index (χ4n) is 2.81. The average molecular weight is 325 g/mol. The minimum atomic E-state index is -0.830. The third-order valence-electron chi connectivity index (χ3n) is 3.88. The molecule has 1 saturated heterocycles. The zero-order valence-electron chi connectivity index (χ0n) is 12.6. The molecule has 1 fully saturated rings. The maximum absolute atomic E-state index is 12.2. The van der Waals surface area contributed by atoms with E-state index in [1.165, 1.54) is 0 Å². The van der Waals surface area contributed by atoms with E-state index in [0.29, 0.717) is 31.0 Å². The molecule has 5 nitrogen and oxygen atoms in total. The third-order valence-corrected chi connectivity index (χ3v) is 4.11. The molecule has 6 heteroatoms. The number of benzene rings is 1. The Balaban J connectivity index is 1.82. The van der Waals surface area contributed by atoms with E-state index in [4.69, 9.17) is 16.7 Å². The van der Waals surface area contributed by atoms with E-state index in [-0.39, 0.29) is 18.5 Å². The Bertz CT molecular complexity index is 550. The molecule has 2 unspecified atom stereocenters. The number of hydrogen-bond acceptors (Lipinski definition) is 2. The zero-order valence-corrected chi connectivity index (χ0v) is 13.3. The summed E-state index contributed by atoms with van der Waals surface area (Å²) in [5, 5.41) is 12.7. The summed E-state index contributed by atoms with van der Waals surface area (Å²) in [5.74, 6) is -1.10. The number of nitrogens with one attached hydrogen (secondary N) is 1. The number of carbonyl (C=O) groups excluding carboxylic acids is 1. The van der Waals surface area contributed by atoms with Crippen molar-refractivity contribution in [2.24, 2.45) is 11.8 Å². The predicted molar refractivity (Wildman–Crippen MR) is 85.0 cm³/mol. The van der Waals surface area contributed by atoms with Crippen LogP contribution in [0.1, 0.15) is 18.9 Å². The molecule has 1 heterocycles. The van der Waals surface area contributed by atoms with E-state index in [1.54, 1.807) is 4.90 Å². The lowest BCUT2D eigenvalue weighted by Crippen LogP contribution is -2.49.